The zero-order chi connectivity index (χ0) is 19.8. The van der Waals surface area contributed by atoms with Crippen LogP contribution >= 0.6 is 0 Å². The fourth-order valence-corrected chi connectivity index (χ4v) is 4.65. The molecule has 0 saturated heterocycles. The quantitative estimate of drug-likeness (QED) is 0.827. The number of amides is 1. The molecule has 0 aliphatic carbocycles. The smallest absolute Gasteiger partial charge is 0.257 e. The Hall–Kier alpha value is -2.49. The third-order valence-electron chi connectivity index (χ3n) is 4.29. The topological polar surface area (TPSA) is 90.3 Å². The molecule has 1 aliphatic rings. The number of hydrogen-bond donors (Lipinski definition) is 1. The van der Waals surface area contributed by atoms with E-state index in [0.717, 1.165) is 4.68 Å². The Balaban J connectivity index is 1.71. The van der Waals surface area contributed by atoms with E-state index in [9.17, 15) is 22.0 Å². The van der Waals surface area contributed by atoms with Crippen molar-refractivity contribution in [3.05, 3.63) is 41.2 Å². The second kappa shape index (κ2) is 7.26. The van der Waals surface area contributed by atoms with Crippen LogP contribution in [0.5, 0.6) is 5.75 Å². The van der Waals surface area contributed by atoms with E-state index < -0.39 is 34.8 Å². The van der Waals surface area contributed by atoms with E-state index in [4.69, 9.17) is 4.74 Å². The van der Waals surface area contributed by atoms with Crippen molar-refractivity contribution in [1.29, 1.82) is 0 Å². The average Bonchev–Trinajstić information content (AvgIpc) is 2.85. The van der Waals surface area contributed by atoms with Gasteiger partial charge >= 0.3 is 0 Å². The van der Waals surface area contributed by atoms with Crippen molar-refractivity contribution in [1.82, 2.24) is 15.1 Å². The summed E-state index contributed by atoms with van der Waals surface area (Å²) in [6, 6.07) is 6.32. The molecule has 1 amide bonds. The van der Waals surface area contributed by atoms with E-state index in [2.05, 4.69) is 10.4 Å². The fraction of sp³-hybridized carbons (Fsp3) is 0.412. The lowest BCUT2D eigenvalue weighted by atomic mass is 10.2. The molecule has 27 heavy (non-hydrogen) atoms. The second-order valence-electron chi connectivity index (χ2n) is 6.30. The Labute approximate surface area is 155 Å². The first kappa shape index (κ1) is 19.3. The number of carbonyl (C=O) groups excluding carboxylic acids is 1. The molecule has 0 fully saturated rings. The van der Waals surface area contributed by atoms with E-state index in [-0.39, 0.29) is 28.5 Å². The van der Waals surface area contributed by atoms with Crippen LogP contribution in [-0.4, -0.2) is 48.9 Å². The molecule has 0 bridgehead atoms. The minimum atomic E-state index is -3.51. The van der Waals surface area contributed by atoms with Crippen molar-refractivity contribution in [2.75, 3.05) is 12.3 Å². The number of para-hydroxylation sites is 1. The number of hydrogen-bond acceptors (Lipinski definition) is 5. The van der Waals surface area contributed by atoms with Gasteiger partial charge in [-0.25, -0.2) is 17.2 Å². The number of halogens is 2. The minimum absolute atomic E-state index is 0.0364. The zero-order valence-electron chi connectivity index (χ0n) is 14.8. The third kappa shape index (κ3) is 3.95. The average molecular weight is 399 g/mol. The maximum Gasteiger partial charge on any atom is 0.257 e. The Morgan fingerprint density at radius 3 is 2.78 bits per heavy atom. The number of nitrogens with zero attached hydrogens (tertiary/aromatic N) is 2. The van der Waals surface area contributed by atoms with Gasteiger partial charge in [0, 0.05) is 5.69 Å². The normalized spacial score (nSPS) is 18.0. The van der Waals surface area contributed by atoms with Gasteiger partial charge in [-0.05, 0) is 26.0 Å². The molecule has 1 aliphatic heterocycles. The summed E-state index contributed by atoms with van der Waals surface area (Å²) in [6.07, 6.45) is -3.33. The van der Waals surface area contributed by atoms with Gasteiger partial charge in [-0.3, -0.25) is 9.48 Å². The Kier molecular flexibility index (Phi) is 5.18. The van der Waals surface area contributed by atoms with Gasteiger partial charge in [0.25, 0.3) is 12.3 Å². The first-order valence-electron chi connectivity index (χ1n) is 8.28. The van der Waals surface area contributed by atoms with Gasteiger partial charge in [-0.1, -0.05) is 12.1 Å². The van der Waals surface area contributed by atoms with Crippen molar-refractivity contribution in [2.24, 2.45) is 0 Å². The minimum Gasteiger partial charge on any atom is -0.486 e. The fourth-order valence-electron chi connectivity index (χ4n) is 3.08. The number of aryl methyl sites for hydroxylation is 1. The summed E-state index contributed by atoms with van der Waals surface area (Å²) in [5.41, 5.74) is 0.857. The SMILES string of the molecule is Cc1nn(CC(F)F)c(C)c1C(=O)NCC1CS(=O)(=O)c2ccccc2O1. The number of carbonyl (C=O) groups is 1. The summed E-state index contributed by atoms with van der Waals surface area (Å²) >= 11 is 0. The molecule has 0 spiro atoms. The molecule has 0 radical (unpaired) electrons. The molecule has 2 heterocycles. The van der Waals surface area contributed by atoms with Gasteiger partial charge in [0.1, 0.15) is 23.3 Å². The monoisotopic (exact) mass is 399 g/mol. The standard InChI is InChI=1S/C17H19F2N3O4S/c1-10-16(11(2)22(21-10)8-15(18)19)17(23)20-7-12-9-27(24,25)14-6-4-3-5-13(14)26-12/h3-6,12,15H,7-9H2,1-2H3,(H,20,23). The summed E-state index contributed by atoms with van der Waals surface area (Å²) in [4.78, 5) is 12.6. The molecule has 7 nitrogen and oxygen atoms in total. The first-order valence-corrected chi connectivity index (χ1v) is 9.93. The van der Waals surface area contributed by atoms with Gasteiger partial charge in [-0.2, -0.15) is 5.10 Å². The number of alkyl halides is 2. The van der Waals surface area contributed by atoms with Gasteiger partial charge in [-0.15, -0.1) is 0 Å². The molecular formula is C17H19F2N3O4S. The van der Waals surface area contributed by atoms with Crippen molar-refractivity contribution < 1.29 is 26.7 Å². The maximum atomic E-state index is 12.6. The number of benzene rings is 1. The van der Waals surface area contributed by atoms with Gasteiger partial charge in [0.05, 0.1) is 23.6 Å². The zero-order valence-corrected chi connectivity index (χ0v) is 15.6. The molecule has 1 aromatic heterocycles. The van der Waals surface area contributed by atoms with Crippen LogP contribution in [-0.2, 0) is 16.4 Å². The summed E-state index contributed by atoms with van der Waals surface area (Å²) in [5, 5.41) is 6.58. The number of aromatic nitrogens is 2. The lowest BCUT2D eigenvalue weighted by Gasteiger charge is -2.26. The van der Waals surface area contributed by atoms with Crippen LogP contribution in [0.25, 0.3) is 0 Å². The molecule has 10 heteroatoms. The maximum absolute atomic E-state index is 12.6. The number of sulfone groups is 1. The number of fused-ring (bicyclic) bond motifs is 1. The van der Waals surface area contributed by atoms with Crippen LogP contribution in [0.3, 0.4) is 0 Å². The molecule has 1 unspecified atom stereocenters. The van der Waals surface area contributed by atoms with Gasteiger partial charge < -0.3 is 10.1 Å². The molecule has 1 atom stereocenters. The largest absolute Gasteiger partial charge is 0.486 e. The van der Waals surface area contributed by atoms with E-state index in [0.29, 0.717) is 11.4 Å². The highest BCUT2D eigenvalue weighted by atomic mass is 32.2. The molecule has 1 aromatic carbocycles. The van der Waals surface area contributed by atoms with Crippen LogP contribution < -0.4 is 10.1 Å². The van der Waals surface area contributed by atoms with E-state index in [1.165, 1.54) is 13.0 Å². The van der Waals surface area contributed by atoms with Crippen LogP contribution in [0.1, 0.15) is 21.7 Å². The predicted octanol–water partition coefficient (Wildman–Crippen LogP) is 1.73. The predicted molar refractivity (Wildman–Crippen MR) is 92.9 cm³/mol. The molecule has 1 N–H and O–H groups in total. The molecule has 146 valence electrons. The number of rotatable bonds is 5. The van der Waals surface area contributed by atoms with Gasteiger partial charge in [0.15, 0.2) is 9.84 Å². The Morgan fingerprint density at radius 2 is 2.07 bits per heavy atom. The van der Waals surface area contributed by atoms with Crippen molar-refractivity contribution in [3.63, 3.8) is 0 Å². The van der Waals surface area contributed by atoms with Crippen molar-refractivity contribution in [3.8, 4) is 5.75 Å². The Morgan fingerprint density at radius 1 is 1.37 bits per heavy atom. The summed E-state index contributed by atoms with van der Waals surface area (Å²) < 4.78 is 56.6. The highest BCUT2D eigenvalue weighted by Gasteiger charge is 2.32. The third-order valence-corrected chi connectivity index (χ3v) is 6.11. The van der Waals surface area contributed by atoms with Crippen LogP contribution in [0.2, 0.25) is 0 Å². The molecule has 2 aromatic rings. The molecule has 3 rings (SSSR count). The van der Waals surface area contributed by atoms with E-state index in [1.54, 1.807) is 25.1 Å². The lowest BCUT2D eigenvalue weighted by Crippen LogP contribution is -2.42. The number of nitrogens with one attached hydrogen (secondary N) is 1. The summed E-state index contributed by atoms with van der Waals surface area (Å²) in [6.45, 7) is 2.46. The highest BCUT2D eigenvalue weighted by molar-refractivity contribution is 7.91. The van der Waals surface area contributed by atoms with E-state index in [1.807, 2.05) is 0 Å². The van der Waals surface area contributed by atoms with E-state index >= 15 is 0 Å². The summed E-state index contributed by atoms with van der Waals surface area (Å²) in [7, 11) is -3.51. The Bertz CT molecular complexity index is 973. The van der Waals surface area contributed by atoms with Crippen LogP contribution in [0, 0.1) is 13.8 Å². The lowest BCUT2D eigenvalue weighted by molar-refractivity contribution is 0.0927. The van der Waals surface area contributed by atoms with Crippen molar-refractivity contribution >= 4 is 15.7 Å². The number of ether oxygens (including phenoxy) is 1. The second-order valence-corrected chi connectivity index (χ2v) is 8.30. The van der Waals surface area contributed by atoms with Gasteiger partial charge in [0.2, 0.25) is 0 Å². The van der Waals surface area contributed by atoms with Crippen LogP contribution in [0.4, 0.5) is 8.78 Å². The molecule has 0 saturated carbocycles. The highest BCUT2D eigenvalue weighted by Crippen LogP contribution is 2.30. The summed E-state index contributed by atoms with van der Waals surface area (Å²) in [5.74, 6) is -0.516. The van der Waals surface area contributed by atoms with Crippen LogP contribution in [0.15, 0.2) is 29.2 Å². The van der Waals surface area contributed by atoms with Crippen molar-refractivity contribution in [2.45, 2.75) is 37.8 Å². The molecular weight excluding hydrogens is 380 g/mol. The first-order chi connectivity index (χ1) is 12.7.